The van der Waals surface area contributed by atoms with Crippen molar-refractivity contribution >= 4 is 22.6 Å². The molecule has 3 aromatic rings. The lowest BCUT2D eigenvalue weighted by Gasteiger charge is -1.97. The molecule has 0 fully saturated rings. The minimum atomic E-state index is 0.843. The van der Waals surface area contributed by atoms with E-state index in [9.17, 15) is 0 Å². The van der Waals surface area contributed by atoms with Gasteiger partial charge in [-0.05, 0) is 48.6 Å². The zero-order valence-electron chi connectivity index (χ0n) is 8.98. The summed E-state index contributed by atoms with van der Waals surface area (Å²) < 4.78 is 3.84. The van der Waals surface area contributed by atoms with Crippen molar-refractivity contribution in [3.63, 3.8) is 0 Å². The number of fused-ring (bicyclic) bond motifs is 1. The predicted octanol–water partition coefficient (Wildman–Crippen LogP) is 2.70. The highest BCUT2D eigenvalue weighted by Gasteiger charge is 2.08. The van der Waals surface area contributed by atoms with E-state index in [-0.39, 0.29) is 0 Å². The number of nitrogens with one attached hydrogen (secondary N) is 1. The Balaban J connectivity index is 2.23. The Hall–Kier alpha value is -1.75. The monoisotopic (exact) mass is 230 g/mol. The fourth-order valence-electron chi connectivity index (χ4n) is 1.66. The molecule has 3 rings (SSSR count). The summed E-state index contributed by atoms with van der Waals surface area (Å²) in [5.41, 5.74) is 4.58. The first kappa shape index (κ1) is 9.47. The topological polar surface area (TPSA) is 54.5 Å². The quantitative estimate of drug-likeness (QED) is 0.699. The molecule has 0 bridgehead atoms. The fourth-order valence-corrected chi connectivity index (χ4v) is 2.12. The molecule has 4 nitrogen and oxygen atoms in total. The van der Waals surface area contributed by atoms with Gasteiger partial charge in [0.2, 0.25) is 0 Å². The standard InChI is InChI=1S/C11H10N4S/c1-6-3-8-9(4-7(6)2)14-11(13-8)10-5-12-15-16-10/h3-5H,1-2H3,(H,13,14). The maximum Gasteiger partial charge on any atom is 0.151 e. The summed E-state index contributed by atoms with van der Waals surface area (Å²) in [5.74, 6) is 0.843. The Morgan fingerprint density at radius 1 is 1.19 bits per heavy atom. The predicted molar refractivity (Wildman–Crippen MR) is 64.5 cm³/mol. The van der Waals surface area contributed by atoms with Crippen LogP contribution in [-0.4, -0.2) is 19.6 Å². The Morgan fingerprint density at radius 3 is 2.75 bits per heavy atom. The largest absolute Gasteiger partial charge is 0.337 e. The van der Waals surface area contributed by atoms with Gasteiger partial charge < -0.3 is 4.98 Å². The van der Waals surface area contributed by atoms with Crippen LogP contribution >= 0.6 is 11.5 Å². The van der Waals surface area contributed by atoms with E-state index in [1.54, 1.807) is 6.20 Å². The van der Waals surface area contributed by atoms with Crippen molar-refractivity contribution in [1.82, 2.24) is 19.6 Å². The van der Waals surface area contributed by atoms with Crippen molar-refractivity contribution in [1.29, 1.82) is 0 Å². The molecular formula is C11H10N4S. The zero-order valence-corrected chi connectivity index (χ0v) is 9.80. The van der Waals surface area contributed by atoms with Gasteiger partial charge >= 0.3 is 0 Å². The first-order valence-corrected chi connectivity index (χ1v) is 5.76. The van der Waals surface area contributed by atoms with Crippen LogP contribution < -0.4 is 0 Å². The summed E-state index contributed by atoms with van der Waals surface area (Å²) in [6.45, 7) is 4.20. The van der Waals surface area contributed by atoms with Gasteiger partial charge in [0.25, 0.3) is 0 Å². The molecule has 5 heteroatoms. The summed E-state index contributed by atoms with van der Waals surface area (Å²) in [7, 11) is 0. The molecular weight excluding hydrogens is 220 g/mol. The van der Waals surface area contributed by atoms with Gasteiger partial charge in [0.1, 0.15) is 4.88 Å². The van der Waals surface area contributed by atoms with Crippen LogP contribution in [0.15, 0.2) is 18.3 Å². The number of aryl methyl sites for hydroxylation is 2. The van der Waals surface area contributed by atoms with E-state index >= 15 is 0 Å². The average molecular weight is 230 g/mol. The van der Waals surface area contributed by atoms with E-state index in [2.05, 4.69) is 45.5 Å². The van der Waals surface area contributed by atoms with E-state index in [1.807, 2.05) is 0 Å². The van der Waals surface area contributed by atoms with Crippen molar-refractivity contribution in [2.75, 3.05) is 0 Å². The van der Waals surface area contributed by atoms with Crippen LogP contribution in [0, 0.1) is 13.8 Å². The maximum absolute atomic E-state index is 4.53. The molecule has 0 aliphatic heterocycles. The molecule has 2 heterocycles. The highest BCUT2D eigenvalue weighted by atomic mass is 32.1. The third-order valence-electron chi connectivity index (χ3n) is 2.69. The smallest absolute Gasteiger partial charge is 0.151 e. The molecule has 1 N–H and O–H groups in total. The number of aromatic nitrogens is 4. The number of H-pyrrole nitrogens is 1. The van der Waals surface area contributed by atoms with Crippen molar-refractivity contribution in [2.45, 2.75) is 13.8 Å². The number of imidazole rings is 1. The minimum absolute atomic E-state index is 0.843. The summed E-state index contributed by atoms with van der Waals surface area (Å²) in [6, 6.07) is 4.22. The molecule has 0 radical (unpaired) electrons. The Morgan fingerprint density at radius 2 is 2.00 bits per heavy atom. The van der Waals surface area contributed by atoms with Crippen LogP contribution in [0.3, 0.4) is 0 Å². The molecule has 80 valence electrons. The normalized spacial score (nSPS) is 11.1. The molecule has 0 saturated carbocycles. The molecule has 1 aromatic carbocycles. The van der Waals surface area contributed by atoms with E-state index in [4.69, 9.17) is 0 Å². The van der Waals surface area contributed by atoms with Crippen molar-refractivity contribution < 1.29 is 0 Å². The third-order valence-corrected chi connectivity index (χ3v) is 3.36. The second-order valence-corrected chi connectivity index (χ2v) is 4.61. The lowest BCUT2D eigenvalue weighted by Crippen LogP contribution is -1.79. The molecule has 0 aliphatic carbocycles. The van der Waals surface area contributed by atoms with E-state index in [1.165, 1.54) is 22.7 Å². The third kappa shape index (κ3) is 1.40. The Bertz CT molecular complexity index is 600. The molecule has 2 aromatic heterocycles. The maximum atomic E-state index is 4.53. The van der Waals surface area contributed by atoms with Gasteiger partial charge in [0.15, 0.2) is 5.82 Å². The summed E-state index contributed by atoms with van der Waals surface area (Å²) >= 11 is 1.34. The lowest BCUT2D eigenvalue weighted by molar-refractivity contribution is 1.15. The molecule has 0 unspecified atom stereocenters. The van der Waals surface area contributed by atoms with Gasteiger partial charge in [0, 0.05) is 0 Å². The van der Waals surface area contributed by atoms with Crippen molar-refractivity contribution in [2.24, 2.45) is 0 Å². The Labute approximate surface area is 96.5 Å². The number of hydrogen-bond acceptors (Lipinski definition) is 4. The van der Waals surface area contributed by atoms with E-state index < -0.39 is 0 Å². The van der Waals surface area contributed by atoms with Crippen LogP contribution in [0.1, 0.15) is 11.1 Å². The number of nitrogens with zero attached hydrogens (tertiary/aromatic N) is 3. The van der Waals surface area contributed by atoms with Crippen LogP contribution in [0.25, 0.3) is 21.7 Å². The van der Waals surface area contributed by atoms with Gasteiger partial charge in [-0.3, -0.25) is 0 Å². The van der Waals surface area contributed by atoms with Crippen molar-refractivity contribution in [3.8, 4) is 10.7 Å². The van der Waals surface area contributed by atoms with Gasteiger partial charge in [-0.1, -0.05) is 4.49 Å². The van der Waals surface area contributed by atoms with Crippen LogP contribution in [0.4, 0.5) is 0 Å². The first-order chi connectivity index (χ1) is 7.74. The molecule has 0 spiro atoms. The minimum Gasteiger partial charge on any atom is -0.337 e. The van der Waals surface area contributed by atoms with Gasteiger partial charge in [-0.2, -0.15) is 0 Å². The highest BCUT2D eigenvalue weighted by molar-refractivity contribution is 7.09. The lowest BCUT2D eigenvalue weighted by atomic mass is 10.1. The number of rotatable bonds is 1. The van der Waals surface area contributed by atoms with Gasteiger partial charge in [-0.15, -0.1) is 5.10 Å². The van der Waals surface area contributed by atoms with Crippen LogP contribution in [0.2, 0.25) is 0 Å². The van der Waals surface area contributed by atoms with Gasteiger partial charge in [-0.25, -0.2) is 4.98 Å². The molecule has 0 aliphatic rings. The van der Waals surface area contributed by atoms with Crippen LogP contribution in [0.5, 0.6) is 0 Å². The first-order valence-electron chi connectivity index (χ1n) is 4.99. The van der Waals surface area contributed by atoms with E-state index in [0.29, 0.717) is 0 Å². The average Bonchev–Trinajstić information content (AvgIpc) is 2.86. The number of benzene rings is 1. The molecule has 0 amide bonds. The molecule has 16 heavy (non-hydrogen) atoms. The number of hydrogen-bond donors (Lipinski definition) is 1. The number of aromatic amines is 1. The SMILES string of the molecule is Cc1cc2nc(-c3cnns3)[nH]c2cc1C. The second kappa shape index (κ2) is 3.38. The highest BCUT2D eigenvalue weighted by Crippen LogP contribution is 2.23. The Kier molecular flexibility index (Phi) is 2.00. The van der Waals surface area contributed by atoms with E-state index in [0.717, 1.165) is 21.7 Å². The summed E-state index contributed by atoms with van der Waals surface area (Å²) in [5, 5.41) is 3.81. The zero-order chi connectivity index (χ0) is 11.1. The summed E-state index contributed by atoms with van der Waals surface area (Å²) in [6.07, 6.45) is 1.72. The van der Waals surface area contributed by atoms with Crippen LogP contribution in [-0.2, 0) is 0 Å². The second-order valence-electron chi connectivity index (χ2n) is 3.82. The van der Waals surface area contributed by atoms with Crippen molar-refractivity contribution in [3.05, 3.63) is 29.5 Å². The fraction of sp³-hybridized carbons (Fsp3) is 0.182. The summed E-state index contributed by atoms with van der Waals surface area (Å²) in [4.78, 5) is 8.78. The molecule has 0 saturated heterocycles. The molecule has 0 atom stereocenters. The van der Waals surface area contributed by atoms with Gasteiger partial charge in [0.05, 0.1) is 17.2 Å².